The first-order valence-electron chi connectivity index (χ1n) is 10.4. The minimum absolute atomic E-state index is 0.112. The standard InChI is InChI=1S/C21H33ClN2O2/c1-20(2,14-22)19(26)24-5-3-23(4-6-24)18(25)13-21-10-15-7-16(11-21)9-17(8-15)12-21/h15-17H,3-14H2,1-2H3. The largest absolute Gasteiger partial charge is 0.339 e. The number of hydrogen-bond acceptors (Lipinski definition) is 2. The molecule has 0 aromatic rings. The average molecular weight is 381 g/mol. The summed E-state index contributed by atoms with van der Waals surface area (Å²) in [6, 6.07) is 0. The first-order chi connectivity index (χ1) is 12.3. The molecule has 5 aliphatic rings. The number of carbonyl (C=O) groups is 2. The molecule has 0 aromatic carbocycles. The number of rotatable bonds is 4. The average Bonchev–Trinajstić information content (AvgIpc) is 2.59. The van der Waals surface area contributed by atoms with E-state index in [1.807, 2.05) is 23.6 Å². The molecule has 26 heavy (non-hydrogen) atoms. The molecule has 1 heterocycles. The molecule has 0 radical (unpaired) electrons. The van der Waals surface area contributed by atoms with Gasteiger partial charge in [-0.05, 0) is 75.5 Å². The zero-order valence-corrected chi connectivity index (χ0v) is 17.1. The van der Waals surface area contributed by atoms with Crippen LogP contribution in [-0.2, 0) is 9.59 Å². The van der Waals surface area contributed by atoms with Crippen LogP contribution < -0.4 is 0 Å². The lowest BCUT2D eigenvalue weighted by Crippen LogP contribution is -2.55. The number of carbonyl (C=O) groups excluding carboxylic acids is 2. The van der Waals surface area contributed by atoms with Crippen molar-refractivity contribution in [2.75, 3.05) is 32.1 Å². The van der Waals surface area contributed by atoms with Gasteiger partial charge in [-0.3, -0.25) is 9.59 Å². The van der Waals surface area contributed by atoms with E-state index in [0.717, 1.165) is 24.2 Å². The Morgan fingerprint density at radius 1 is 0.923 bits per heavy atom. The molecule has 4 aliphatic carbocycles. The van der Waals surface area contributed by atoms with Crippen LogP contribution >= 0.6 is 11.6 Å². The summed E-state index contributed by atoms with van der Waals surface area (Å²) in [5.41, 5.74) is -0.216. The molecule has 2 amide bonds. The molecular weight excluding hydrogens is 348 g/mol. The van der Waals surface area contributed by atoms with Crippen LogP contribution in [0, 0.1) is 28.6 Å². The predicted octanol–water partition coefficient (Wildman–Crippen LogP) is 3.53. The highest BCUT2D eigenvalue weighted by atomic mass is 35.5. The minimum Gasteiger partial charge on any atom is -0.339 e. The van der Waals surface area contributed by atoms with E-state index in [-0.39, 0.29) is 5.91 Å². The maximum absolute atomic E-state index is 13.0. The first kappa shape index (κ1) is 18.6. The Balaban J connectivity index is 1.33. The second-order valence-corrected chi connectivity index (χ2v) is 10.6. The van der Waals surface area contributed by atoms with Gasteiger partial charge in [0.05, 0.1) is 5.41 Å². The molecule has 4 saturated carbocycles. The van der Waals surface area contributed by atoms with E-state index in [1.54, 1.807) is 0 Å². The fourth-order valence-electron chi connectivity index (χ4n) is 6.58. The molecule has 0 atom stereocenters. The zero-order valence-electron chi connectivity index (χ0n) is 16.3. The summed E-state index contributed by atoms with van der Waals surface area (Å²) >= 11 is 5.95. The molecule has 5 heteroatoms. The molecule has 5 fully saturated rings. The fourth-order valence-corrected chi connectivity index (χ4v) is 6.70. The number of nitrogens with zero attached hydrogens (tertiary/aromatic N) is 2. The molecule has 1 saturated heterocycles. The van der Waals surface area contributed by atoms with E-state index in [4.69, 9.17) is 11.6 Å². The van der Waals surface area contributed by atoms with Crippen molar-refractivity contribution in [1.82, 2.24) is 9.80 Å². The van der Waals surface area contributed by atoms with E-state index < -0.39 is 5.41 Å². The normalized spacial score (nSPS) is 36.5. The van der Waals surface area contributed by atoms with Gasteiger partial charge in [0, 0.05) is 38.5 Å². The third-order valence-electron chi connectivity index (χ3n) is 7.52. The van der Waals surface area contributed by atoms with Crippen molar-refractivity contribution in [2.45, 2.75) is 58.8 Å². The van der Waals surface area contributed by atoms with Crippen molar-refractivity contribution in [3.63, 3.8) is 0 Å². The van der Waals surface area contributed by atoms with Gasteiger partial charge in [0.2, 0.25) is 11.8 Å². The summed E-state index contributed by atoms with van der Waals surface area (Å²) in [5.74, 6) is 3.44. The van der Waals surface area contributed by atoms with Crippen LogP contribution in [0.25, 0.3) is 0 Å². The van der Waals surface area contributed by atoms with Crippen molar-refractivity contribution in [3.05, 3.63) is 0 Å². The van der Waals surface area contributed by atoms with E-state index >= 15 is 0 Å². The summed E-state index contributed by atoms with van der Waals surface area (Å²) in [7, 11) is 0. The fraction of sp³-hybridized carbons (Fsp3) is 0.905. The number of halogens is 1. The van der Waals surface area contributed by atoms with Gasteiger partial charge in [0.15, 0.2) is 0 Å². The minimum atomic E-state index is -0.521. The second-order valence-electron chi connectivity index (χ2n) is 10.3. The van der Waals surface area contributed by atoms with Gasteiger partial charge in [-0.2, -0.15) is 0 Å². The maximum Gasteiger partial charge on any atom is 0.229 e. The Morgan fingerprint density at radius 3 is 1.85 bits per heavy atom. The van der Waals surface area contributed by atoms with Crippen LogP contribution in [0.3, 0.4) is 0 Å². The summed E-state index contributed by atoms with van der Waals surface area (Å²) in [4.78, 5) is 29.5. The maximum atomic E-state index is 13.0. The van der Waals surface area contributed by atoms with E-state index in [9.17, 15) is 9.59 Å². The van der Waals surface area contributed by atoms with Crippen LogP contribution in [0.15, 0.2) is 0 Å². The van der Waals surface area contributed by atoms with Gasteiger partial charge in [-0.1, -0.05) is 0 Å². The molecule has 5 rings (SSSR count). The van der Waals surface area contributed by atoms with Crippen molar-refractivity contribution in [2.24, 2.45) is 28.6 Å². The highest BCUT2D eigenvalue weighted by molar-refractivity contribution is 6.19. The number of amides is 2. The zero-order chi connectivity index (χ0) is 18.5. The Kier molecular flexibility index (Phi) is 4.78. The molecule has 146 valence electrons. The summed E-state index contributed by atoms with van der Waals surface area (Å²) in [6.45, 7) is 6.43. The molecule has 0 unspecified atom stereocenters. The molecule has 0 N–H and O–H groups in total. The Bertz CT molecular complexity index is 545. The van der Waals surface area contributed by atoms with Crippen molar-refractivity contribution < 1.29 is 9.59 Å². The van der Waals surface area contributed by atoms with Crippen LogP contribution in [-0.4, -0.2) is 53.7 Å². The number of alkyl halides is 1. The monoisotopic (exact) mass is 380 g/mol. The smallest absolute Gasteiger partial charge is 0.229 e. The molecule has 0 aromatic heterocycles. The van der Waals surface area contributed by atoms with Crippen molar-refractivity contribution in [1.29, 1.82) is 0 Å². The van der Waals surface area contributed by atoms with Gasteiger partial charge in [0.25, 0.3) is 0 Å². The van der Waals surface area contributed by atoms with Crippen molar-refractivity contribution in [3.8, 4) is 0 Å². The lowest BCUT2D eigenvalue weighted by Gasteiger charge is -2.57. The van der Waals surface area contributed by atoms with Crippen LogP contribution in [0.1, 0.15) is 58.8 Å². The highest BCUT2D eigenvalue weighted by Gasteiger charge is 2.51. The molecule has 4 nitrogen and oxygen atoms in total. The van der Waals surface area contributed by atoms with Gasteiger partial charge in [-0.25, -0.2) is 0 Å². The Hall–Kier alpha value is -0.770. The molecule has 1 aliphatic heterocycles. The van der Waals surface area contributed by atoms with Gasteiger partial charge < -0.3 is 9.80 Å². The van der Waals surface area contributed by atoms with Crippen LogP contribution in [0.4, 0.5) is 0 Å². The predicted molar refractivity (Wildman–Crippen MR) is 103 cm³/mol. The number of hydrogen-bond donors (Lipinski definition) is 0. The number of piperazine rings is 1. The second kappa shape index (κ2) is 6.68. The van der Waals surface area contributed by atoms with E-state index in [1.165, 1.54) is 38.5 Å². The lowest BCUT2D eigenvalue weighted by molar-refractivity contribution is -0.148. The summed E-state index contributed by atoms with van der Waals surface area (Å²) < 4.78 is 0. The molecule has 4 bridgehead atoms. The summed E-state index contributed by atoms with van der Waals surface area (Å²) in [5, 5.41) is 0. The van der Waals surface area contributed by atoms with Crippen LogP contribution in [0.2, 0.25) is 0 Å². The lowest BCUT2D eigenvalue weighted by atomic mass is 9.49. The van der Waals surface area contributed by atoms with E-state index in [2.05, 4.69) is 0 Å². The van der Waals surface area contributed by atoms with Gasteiger partial charge in [0.1, 0.15) is 0 Å². The quantitative estimate of drug-likeness (QED) is 0.700. The summed E-state index contributed by atoms with van der Waals surface area (Å²) in [6.07, 6.45) is 8.87. The van der Waals surface area contributed by atoms with Gasteiger partial charge >= 0.3 is 0 Å². The van der Waals surface area contributed by atoms with E-state index in [0.29, 0.717) is 43.4 Å². The topological polar surface area (TPSA) is 40.6 Å². The molecular formula is C21H33ClN2O2. The SMILES string of the molecule is CC(C)(CCl)C(=O)N1CCN(C(=O)CC23CC4CC(CC(C4)C2)C3)CC1. The Labute approximate surface area is 162 Å². The van der Waals surface area contributed by atoms with Crippen molar-refractivity contribution >= 4 is 23.4 Å². The Morgan fingerprint density at radius 2 is 1.38 bits per heavy atom. The molecule has 0 spiro atoms. The third-order valence-corrected chi connectivity index (χ3v) is 8.19. The van der Waals surface area contributed by atoms with Gasteiger partial charge in [-0.15, -0.1) is 11.6 Å². The van der Waals surface area contributed by atoms with Crippen LogP contribution in [0.5, 0.6) is 0 Å². The highest BCUT2D eigenvalue weighted by Crippen LogP contribution is 2.61. The first-order valence-corrected chi connectivity index (χ1v) is 11.0. The third kappa shape index (κ3) is 3.39.